The van der Waals surface area contributed by atoms with Gasteiger partial charge in [0.05, 0.1) is 13.2 Å². The number of ketones is 1. The van der Waals surface area contributed by atoms with Crippen molar-refractivity contribution in [3.63, 3.8) is 0 Å². The van der Waals surface area contributed by atoms with E-state index in [1.165, 1.54) is 0 Å². The summed E-state index contributed by atoms with van der Waals surface area (Å²) in [5.74, 6) is 0.0234. The number of aliphatic hydroxyl groups is 1. The van der Waals surface area contributed by atoms with Crippen molar-refractivity contribution in [3.05, 3.63) is 54.1 Å². The van der Waals surface area contributed by atoms with Crippen LogP contribution in [0.2, 0.25) is 0 Å². The van der Waals surface area contributed by atoms with Crippen molar-refractivity contribution < 1.29 is 19.7 Å². The SMILES string of the molecule is C=C(C)CCOOC1C(Sc2ccccc2)CC(=O)CC1/C(=C\C)CO. The van der Waals surface area contributed by atoms with Crippen LogP contribution in [-0.2, 0) is 14.6 Å². The van der Waals surface area contributed by atoms with Crippen LogP contribution in [0, 0.1) is 5.92 Å². The lowest BCUT2D eigenvalue weighted by molar-refractivity contribution is -0.332. The first-order chi connectivity index (χ1) is 12.5. The van der Waals surface area contributed by atoms with Gasteiger partial charge >= 0.3 is 0 Å². The second-order valence-corrected chi connectivity index (χ2v) is 7.95. The van der Waals surface area contributed by atoms with Crippen molar-refractivity contribution >= 4 is 17.5 Å². The molecule has 1 aromatic carbocycles. The molecule has 1 fully saturated rings. The first kappa shape index (κ1) is 20.9. The van der Waals surface area contributed by atoms with Crippen LogP contribution in [0.5, 0.6) is 0 Å². The largest absolute Gasteiger partial charge is 0.392 e. The first-order valence-corrected chi connectivity index (χ1v) is 9.85. The van der Waals surface area contributed by atoms with E-state index in [0.717, 1.165) is 22.5 Å². The van der Waals surface area contributed by atoms with Gasteiger partial charge in [-0.3, -0.25) is 4.79 Å². The third-order valence-corrected chi connectivity index (χ3v) is 5.77. The minimum Gasteiger partial charge on any atom is -0.392 e. The first-order valence-electron chi connectivity index (χ1n) is 8.97. The Labute approximate surface area is 160 Å². The van der Waals surface area contributed by atoms with E-state index >= 15 is 0 Å². The standard InChI is InChI=1S/C21H28O4S/c1-4-16(14-22)19-12-17(23)13-20(26-18-8-6-5-7-9-18)21(19)25-24-11-10-15(2)3/h4-9,19-22H,2,10-14H2,1,3H3/b16-4-. The molecule has 1 aromatic rings. The fourth-order valence-corrected chi connectivity index (χ4v) is 4.37. The van der Waals surface area contributed by atoms with Crippen molar-refractivity contribution in [1.29, 1.82) is 0 Å². The molecule has 3 atom stereocenters. The van der Waals surface area contributed by atoms with E-state index in [0.29, 0.717) is 19.4 Å². The Kier molecular flexibility index (Phi) is 8.59. The molecule has 4 nitrogen and oxygen atoms in total. The number of Topliss-reactive ketones (excluding diaryl/α,β-unsaturated/α-hetero) is 1. The lowest BCUT2D eigenvalue weighted by atomic mass is 9.80. The number of hydrogen-bond acceptors (Lipinski definition) is 5. The van der Waals surface area contributed by atoms with E-state index in [4.69, 9.17) is 9.78 Å². The minimum absolute atomic E-state index is 0.0602. The van der Waals surface area contributed by atoms with Crippen molar-refractivity contribution in [2.24, 2.45) is 5.92 Å². The molecule has 0 radical (unpaired) electrons. The summed E-state index contributed by atoms with van der Waals surface area (Å²) in [4.78, 5) is 24.7. The van der Waals surface area contributed by atoms with E-state index < -0.39 is 0 Å². The quantitative estimate of drug-likeness (QED) is 0.301. The van der Waals surface area contributed by atoms with E-state index in [9.17, 15) is 9.90 Å². The molecule has 5 heteroatoms. The Morgan fingerprint density at radius 2 is 2.08 bits per heavy atom. The molecule has 3 unspecified atom stereocenters. The number of aliphatic hydroxyl groups excluding tert-OH is 1. The molecule has 1 saturated carbocycles. The third kappa shape index (κ3) is 6.09. The lowest BCUT2D eigenvalue weighted by Crippen LogP contribution is -2.43. The van der Waals surface area contributed by atoms with Gasteiger partial charge in [0.15, 0.2) is 0 Å². The predicted octanol–water partition coefficient (Wildman–Crippen LogP) is 4.35. The molecule has 0 heterocycles. The fourth-order valence-electron chi connectivity index (χ4n) is 3.06. The normalized spacial score (nSPS) is 23.9. The molecule has 1 aliphatic rings. The fraction of sp³-hybridized carbons (Fsp3) is 0.476. The number of thioether (sulfide) groups is 1. The maximum Gasteiger partial charge on any atom is 0.134 e. The zero-order valence-corrected chi connectivity index (χ0v) is 16.3. The smallest absolute Gasteiger partial charge is 0.134 e. The van der Waals surface area contributed by atoms with Crippen LogP contribution in [0.15, 0.2) is 59.0 Å². The van der Waals surface area contributed by atoms with Gasteiger partial charge in [0.2, 0.25) is 0 Å². The molecule has 0 saturated heterocycles. The highest BCUT2D eigenvalue weighted by Crippen LogP contribution is 2.39. The molecule has 0 spiro atoms. The Hall–Kier alpha value is -1.40. The van der Waals surface area contributed by atoms with Gasteiger partial charge in [-0.05, 0) is 38.0 Å². The van der Waals surface area contributed by atoms with Crippen LogP contribution >= 0.6 is 11.8 Å². The third-order valence-electron chi connectivity index (χ3n) is 4.49. The molecule has 142 valence electrons. The molecule has 0 aliphatic heterocycles. The van der Waals surface area contributed by atoms with E-state index in [1.807, 2.05) is 50.3 Å². The highest BCUT2D eigenvalue weighted by molar-refractivity contribution is 8.00. The average Bonchev–Trinajstić information content (AvgIpc) is 2.62. The van der Waals surface area contributed by atoms with Crippen molar-refractivity contribution in [2.45, 2.75) is 49.4 Å². The lowest BCUT2D eigenvalue weighted by Gasteiger charge is -2.36. The topological polar surface area (TPSA) is 55.8 Å². The number of allylic oxidation sites excluding steroid dienone is 1. The summed E-state index contributed by atoms with van der Waals surface area (Å²) >= 11 is 1.63. The summed E-state index contributed by atoms with van der Waals surface area (Å²) in [6.45, 7) is 8.04. The van der Waals surface area contributed by atoms with Crippen LogP contribution in [0.3, 0.4) is 0 Å². The summed E-state index contributed by atoms with van der Waals surface area (Å²) in [6.07, 6.45) is 3.12. The summed E-state index contributed by atoms with van der Waals surface area (Å²) in [6, 6.07) is 9.99. The van der Waals surface area contributed by atoms with Gasteiger partial charge in [-0.1, -0.05) is 29.8 Å². The van der Waals surface area contributed by atoms with Crippen LogP contribution in [0.4, 0.5) is 0 Å². The van der Waals surface area contributed by atoms with Crippen LogP contribution in [0.25, 0.3) is 0 Å². The molecule has 0 aromatic heterocycles. The summed E-state index contributed by atoms with van der Waals surface area (Å²) in [5, 5.41) is 9.65. The van der Waals surface area contributed by atoms with Crippen molar-refractivity contribution in [2.75, 3.05) is 13.2 Å². The molecular formula is C21H28O4S. The van der Waals surface area contributed by atoms with Crippen LogP contribution in [0.1, 0.15) is 33.1 Å². The monoisotopic (exact) mass is 376 g/mol. The van der Waals surface area contributed by atoms with E-state index in [2.05, 4.69) is 6.58 Å². The Bertz CT molecular complexity index is 626. The highest BCUT2D eigenvalue weighted by Gasteiger charge is 2.41. The molecule has 1 N–H and O–H groups in total. The maximum absolute atomic E-state index is 12.3. The molecular weight excluding hydrogens is 348 g/mol. The van der Waals surface area contributed by atoms with E-state index in [-0.39, 0.29) is 29.7 Å². The Morgan fingerprint density at radius 3 is 2.69 bits per heavy atom. The zero-order valence-electron chi connectivity index (χ0n) is 15.5. The van der Waals surface area contributed by atoms with E-state index in [1.54, 1.807) is 11.8 Å². The Morgan fingerprint density at radius 1 is 1.35 bits per heavy atom. The number of carbonyl (C=O) groups excluding carboxylic acids is 1. The van der Waals surface area contributed by atoms with Gasteiger partial charge in [0.1, 0.15) is 11.9 Å². The second kappa shape index (κ2) is 10.7. The molecule has 1 aliphatic carbocycles. The van der Waals surface area contributed by atoms with Gasteiger partial charge < -0.3 is 5.11 Å². The van der Waals surface area contributed by atoms with Gasteiger partial charge in [-0.15, -0.1) is 18.3 Å². The van der Waals surface area contributed by atoms with Gasteiger partial charge in [0.25, 0.3) is 0 Å². The Balaban J connectivity index is 2.16. The van der Waals surface area contributed by atoms with Gasteiger partial charge in [0, 0.05) is 28.9 Å². The minimum atomic E-state index is -0.290. The number of hydrogen-bond donors (Lipinski definition) is 1. The number of carbonyl (C=O) groups is 1. The highest BCUT2D eigenvalue weighted by atomic mass is 32.2. The molecule has 26 heavy (non-hydrogen) atoms. The van der Waals surface area contributed by atoms with Crippen molar-refractivity contribution in [3.8, 4) is 0 Å². The van der Waals surface area contributed by atoms with Gasteiger partial charge in [-0.25, -0.2) is 9.78 Å². The average molecular weight is 377 g/mol. The number of rotatable bonds is 9. The summed E-state index contributed by atoms with van der Waals surface area (Å²) < 4.78 is 0. The summed E-state index contributed by atoms with van der Waals surface area (Å²) in [5.41, 5.74) is 1.86. The molecule has 2 rings (SSSR count). The maximum atomic E-state index is 12.3. The van der Waals surface area contributed by atoms with Crippen LogP contribution in [-0.4, -0.2) is 35.5 Å². The predicted molar refractivity (Wildman–Crippen MR) is 105 cm³/mol. The molecule has 0 amide bonds. The second-order valence-electron chi connectivity index (χ2n) is 6.63. The summed E-state index contributed by atoms with van der Waals surface area (Å²) in [7, 11) is 0. The zero-order chi connectivity index (χ0) is 18.9. The van der Waals surface area contributed by atoms with Crippen molar-refractivity contribution in [1.82, 2.24) is 0 Å². The van der Waals surface area contributed by atoms with Gasteiger partial charge in [-0.2, -0.15) is 0 Å². The molecule has 0 bridgehead atoms. The van der Waals surface area contributed by atoms with Crippen LogP contribution < -0.4 is 0 Å². The number of benzene rings is 1.